The first-order valence-electron chi connectivity index (χ1n) is 3.77. The van der Waals surface area contributed by atoms with Crippen molar-refractivity contribution in [3.8, 4) is 0 Å². The number of hydrogen-bond donors (Lipinski definition) is 0. The van der Waals surface area contributed by atoms with Crippen molar-refractivity contribution in [2.24, 2.45) is 0 Å². The second-order valence-corrected chi connectivity index (χ2v) is 3.07. The Hall–Kier alpha value is -1.22. The van der Waals surface area contributed by atoms with Gasteiger partial charge in [-0.3, -0.25) is 0 Å². The molecule has 0 fully saturated rings. The Kier molecular flexibility index (Phi) is 1.88. The highest BCUT2D eigenvalue weighted by molar-refractivity contribution is 6.30. The summed E-state index contributed by atoms with van der Waals surface area (Å²) in [6.07, 6.45) is 0. The van der Waals surface area contributed by atoms with Gasteiger partial charge in [-0.2, -0.15) is 0 Å². The van der Waals surface area contributed by atoms with Crippen LogP contribution in [0.4, 0.5) is 4.39 Å². The minimum atomic E-state index is -0.396. The summed E-state index contributed by atoms with van der Waals surface area (Å²) in [6.45, 7) is 1.74. The monoisotopic (exact) mass is 196 g/mol. The van der Waals surface area contributed by atoms with Crippen LogP contribution in [0.15, 0.2) is 18.2 Å². The number of rotatable bonds is 0. The lowest BCUT2D eigenvalue weighted by molar-refractivity contribution is 0.636. The van der Waals surface area contributed by atoms with E-state index in [1.807, 2.05) is 0 Å². The molecule has 0 radical (unpaired) electrons. The van der Waals surface area contributed by atoms with Crippen LogP contribution < -0.4 is 0 Å². The second-order valence-electron chi connectivity index (χ2n) is 2.71. The summed E-state index contributed by atoms with van der Waals surface area (Å²) in [4.78, 5) is 8.00. The smallest absolute Gasteiger partial charge is 0.151 e. The molecule has 2 nitrogen and oxygen atoms in total. The minimum absolute atomic E-state index is 0.220. The van der Waals surface area contributed by atoms with E-state index >= 15 is 0 Å². The molecule has 0 saturated carbocycles. The molecule has 13 heavy (non-hydrogen) atoms. The average molecular weight is 197 g/mol. The van der Waals surface area contributed by atoms with Gasteiger partial charge in [-0.25, -0.2) is 14.4 Å². The van der Waals surface area contributed by atoms with Crippen molar-refractivity contribution >= 4 is 22.6 Å². The van der Waals surface area contributed by atoms with Gasteiger partial charge in [0, 0.05) is 0 Å². The molecule has 0 bridgehead atoms. The summed E-state index contributed by atoms with van der Waals surface area (Å²) in [5.74, 6) is -0.396. The van der Waals surface area contributed by atoms with Gasteiger partial charge in [-0.1, -0.05) is 17.7 Å². The molecule has 2 rings (SSSR count). The maximum Gasteiger partial charge on any atom is 0.151 e. The van der Waals surface area contributed by atoms with E-state index in [4.69, 9.17) is 11.6 Å². The number of fused-ring (bicyclic) bond motifs is 1. The van der Waals surface area contributed by atoms with E-state index in [1.165, 1.54) is 6.07 Å². The van der Waals surface area contributed by atoms with Crippen molar-refractivity contribution in [2.45, 2.75) is 6.92 Å². The van der Waals surface area contributed by atoms with Crippen LogP contribution in [0.25, 0.3) is 11.0 Å². The van der Waals surface area contributed by atoms with Crippen LogP contribution >= 0.6 is 11.6 Å². The molecule has 0 amide bonds. The molecule has 0 aliphatic carbocycles. The number of hydrogen-bond acceptors (Lipinski definition) is 2. The van der Waals surface area contributed by atoms with E-state index in [2.05, 4.69) is 9.97 Å². The molecule has 66 valence electrons. The predicted molar refractivity (Wildman–Crippen MR) is 49.2 cm³/mol. The van der Waals surface area contributed by atoms with E-state index in [9.17, 15) is 4.39 Å². The maximum atomic E-state index is 13.1. The Morgan fingerprint density at radius 3 is 2.85 bits per heavy atom. The van der Waals surface area contributed by atoms with Crippen molar-refractivity contribution in [2.75, 3.05) is 0 Å². The first kappa shape index (κ1) is 8.38. The zero-order chi connectivity index (χ0) is 9.42. The quantitative estimate of drug-likeness (QED) is 0.648. The molecule has 0 spiro atoms. The fourth-order valence-corrected chi connectivity index (χ4v) is 1.24. The molecular weight excluding hydrogens is 191 g/mol. The third-order valence-electron chi connectivity index (χ3n) is 1.76. The molecule has 1 heterocycles. The summed E-state index contributed by atoms with van der Waals surface area (Å²) in [5.41, 5.74) is 1.36. The van der Waals surface area contributed by atoms with E-state index in [1.54, 1.807) is 19.1 Å². The molecular formula is C9H6ClFN2. The van der Waals surface area contributed by atoms with Crippen molar-refractivity contribution in [3.05, 3.63) is 34.9 Å². The fraction of sp³-hybridized carbons (Fsp3) is 0.111. The summed E-state index contributed by atoms with van der Waals surface area (Å²) >= 11 is 5.72. The Labute approximate surface area is 79.4 Å². The topological polar surface area (TPSA) is 25.8 Å². The lowest BCUT2D eigenvalue weighted by Crippen LogP contribution is -1.91. The number of halogens is 2. The van der Waals surface area contributed by atoms with Gasteiger partial charge < -0.3 is 0 Å². The SMILES string of the molecule is Cc1nc2cccc(F)c2nc1Cl. The Morgan fingerprint density at radius 2 is 2.08 bits per heavy atom. The van der Waals surface area contributed by atoms with Gasteiger partial charge in [-0.15, -0.1) is 0 Å². The third-order valence-corrected chi connectivity index (χ3v) is 2.12. The maximum absolute atomic E-state index is 13.1. The van der Waals surface area contributed by atoms with Crippen LogP contribution in [0.2, 0.25) is 5.15 Å². The Balaban J connectivity index is 2.89. The molecule has 0 aliphatic rings. The standard InChI is InChI=1S/C9H6ClFN2/c1-5-9(10)13-8-6(11)3-2-4-7(8)12-5/h2-4H,1H3. The highest BCUT2D eigenvalue weighted by Gasteiger charge is 2.05. The number of benzene rings is 1. The Morgan fingerprint density at radius 1 is 1.31 bits per heavy atom. The molecule has 4 heteroatoms. The van der Waals surface area contributed by atoms with E-state index in [-0.39, 0.29) is 10.7 Å². The number of nitrogens with zero attached hydrogens (tertiary/aromatic N) is 2. The molecule has 0 aliphatic heterocycles. The number of para-hydroxylation sites is 1. The molecule has 0 atom stereocenters. The minimum Gasteiger partial charge on any atom is -0.248 e. The normalized spacial score (nSPS) is 10.7. The van der Waals surface area contributed by atoms with Crippen LogP contribution in [0.5, 0.6) is 0 Å². The van der Waals surface area contributed by atoms with Gasteiger partial charge in [0.2, 0.25) is 0 Å². The zero-order valence-corrected chi connectivity index (χ0v) is 7.64. The summed E-state index contributed by atoms with van der Waals surface area (Å²) in [5, 5.41) is 0.248. The van der Waals surface area contributed by atoms with Gasteiger partial charge in [0.15, 0.2) is 11.0 Å². The lowest BCUT2D eigenvalue weighted by Gasteiger charge is -2.00. The van der Waals surface area contributed by atoms with Gasteiger partial charge in [-0.05, 0) is 19.1 Å². The van der Waals surface area contributed by atoms with Crippen molar-refractivity contribution in [3.63, 3.8) is 0 Å². The fourth-order valence-electron chi connectivity index (χ4n) is 1.11. The first-order valence-corrected chi connectivity index (χ1v) is 4.14. The van der Waals surface area contributed by atoms with E-state index in [0.717, 1.165) is 0 Å². The number of aryl methyl sites for hydroxylation is 1. The highest BCUT2D eigenvalue weighted by atomic mass is 35.5. The van der Waals surface area contributed by atoms with Crippen molar-refractivity contribution in [1.82, 2.24) is 9.97 Å². The van der Waals surface area contributed by atoms with Gasteiger partial charge in [0.1, 0.15) is 5.52 Å². The first-order chi connectivity index (χ1) is 6.18. The van der Waals surface area contributed by atoms with Gasteiger partial charge >= 0.3 is 0 Å². The molecule has 0 N–H and O–H groups in total. The molecule has 0 saturated heterocycles. The predicted octanol–water partition coefficient (Wildman–Crippen LogP) is 2.73. The van der Waals surface area contributed by atoms with Crippen LogP contribution in [0.1, 0.15) is 5.69 Å². The third kappa shape index (κ3) is 1.35. The van der Waals surface area contributed by atoms with Gasteiger partial charge in [0.25, 0.3) is 0 Å². The second kappa shape index (κ2) is 2.92. The van der Waals surface area contributed by atoms with Crippen LogP contribution in [-0.4, -0.2) is 9.97 Å². The molecule has 1 aromatic carbocycles. The summed E-state index contributed by atoms with van der Waals surface area (Å²) in [7, 11) is 0. The molecule has 2 aromatic rings. The highest BCUT2D eigenvalue weighted by Crippen LogP contribution is 2.18. The van der Waals surface area contributed by atoms with Crippen LogP contribution in [0, 0.1) is 12.7 Å². The Bertz CT molecular complexity index is 470. The van der Waals surface area contributed by atoms with Gasteiger partial charge in [0.05, 0.1) is 11.2 Å². The largest absolute Gasteiger partial charge is 0.248 e. The van der Waals surface area contributed by atoms with Crippen LogP contribution in [0.3, 0.4) is 0 Å². The lowest BCUT2D eigenvalue weighted by atomic mass is 10.3. The van der Waals surface area contributed by atoms with Crippen molar-refractivity contribution < 1.29 is 4.39 Å². The summed E-state index contributed by atoms with van der Waals surface area (Å²) in [6, 6.07) is 4.64. The average Bonchev–Trinajstić information content (AvgIpc) is 2.09. The summed E-state index contributed by atoms with van der Waals surface area (Å²) < 4.78 is 13.1. The van der Waals surface area contributed by atoms with Crippen molar-refractivity contribution in [1.29, 1.82) is 0 Å². The number of aromatic nitrogens is 2. The van der Waals surface area contributed by atoms with Crippen LogP contribution in [-0.2, 0) is 0 Å². The van der Waals surface area contributed by atoms with E-state index < -0.39 is 5.82 Å². The zero-order valence-electron chi connectivity index (χ0n) is 6.88. The molecule has 0 unspecified atom stereocenters. The molecule has 1 aromatic heterocycles. The van der Waals surface area contributed by atoms with E-state index in [0.29, 0.717) is 11.2 Å².